The van der Waals surface area contributed by atoms with E-state index in [1.807, 2.05) is 0 Å². The second-order valence-electron chi connectivity index (χ2n) is 3.48. The maximum atomic E-state index is 12.4. The molecule has 0 aliphatic carbocycles. The van der Waals surface area contributed by atoms with Crippen LogP contribution in [0.3, 0.4) is 0 Å². The molecule has 0 aliphatic heterocycles. The van der Waals surface area contributed by atoms with Gasteiger partial charge in [-0.3, -0.25) is 4.79 Å². The van der Waals surface area contributed by atoms with Gasteiger partial charge in [-0.2, -0.15) is 13.2 Å². The molecule has 6 heteroatoms. The fraction of sp³-hybridized carbons (Fsp3) is 0.364. The van der Waals surface area contributed by atoms with Crippen LogP contribution in [0.15, 0.2) is 24.3 Å². The molecule has 0 aromatic heterocycles. The van der Waals surface area contributed by atoms with Crippen LogP contribution >= 0.6 is 0 Å². The molecule has 94 valence electrons. The molecule has 0 fully saturated rings. The van der Waals surface area contributed by atoms with Gasteiger partial charge in [-0.15, -0.1) is 0 Å². The first-order chi connectivity index (χ1) is 7.93. The summed E-state index contributed by atoms with van der Waals surface area (Å²) in [7, 11) is 1.69. The van der Waals surface area contributed by atoms with Gasteiger partial charge in [0.2, 0.25) is 5.91 Å². The van der Waals surface area contributed by atoms with Crippen molar-refractivity contribution in [1.29, 1.82) is 0 Å². The molecule has 1 aromatic rings. The summed E-state index contributed by atoms with van der Waals surface area (Å²) < 4.78 is 37.2. The van der Waals surface area contributed by atoms with Gasteiger partial charge in [0.1, 0.15) is 0 Å². The average molecular weight is 246 g/mol. The molecule has 0 radical (unpaired) electrons. The van der Waals surface area contributed by atoms with Crippen molar-refractivity contribution >= 4 is 11.6 Å². The van der Waals surface area contributed by atoms with Crippen LogP contribution in [0.4, 0.5) is 18.9 Å². The number of nitrogens with one attached hydrogen (secondary N) is 2. The van der Waals surface area contributed by atoms with Gasteiger partial charge >= 0.3 is 6.18 Å². The number of carbonyl (C=O) groups excluding carboxylic acids is 1. The largest absolute Gasteiger partial charge is 0.416 e. The fourth-order valence-electron chi connectivity index (χ4n) is 1.24. The molecule has 1 amide bonds. The lowest BCUT2D eigenvalue weighted by atomic mass is 10.2. The van der Waals surface area contributed by atoms with Crippen molar-refractivity contribution in [3.05, 3.63) is 29.8 Å². The Kier molecular flexibility index (Phi) is 4.51. The van der Waals surface area contributed by atoms with Crippen molar-refractivity contribution in [2.45, 2.75) is 12.6 Å². The molecule has 1 aromatic carbocycles. The molecule has 3 nitrogen and oxygen atoms in total. The zero-order valence-corrected chi connectivity index (χ0v) is 9.27. The van der Waals surface area contributed by atoms with E-state index in [-0.39, 0.29) is 18.0 Å². The van der Waals surface area contributed by atoms with Crippen molar-refractivity contribution in [2.75, 3.05) is 18.9 Å². The minimum atomic E-state index is -4.40. The second kappa shape index (κ2) is 5.67. The lowest BCUT2D eigenvalue weighted by molar-refractivity contribution is -0.137. The van der Waals surface area contributed by atoms with Gasteiger partial charge in [-0.1, -0.05) is 6.07 Å². The molecule has 0 aliphatic rings. The number of amides is 1. The van der Waals surface area contributed by atoms with E-state index < -0.39 is 11.7 Å². The number of rotatable bonds is 4. The predicted octanol–water partition coefficient (Wildman–Crippen LogP) is 2.25. The lowest BCUT2D eigenvalue weighted by Crippen LogP contribution is -2.19. The zero-order chi connectivity index (χ0) is 12.9. The molecule has 0 heterocycles. The maximum absolute atomic E-state index is 12.4. The van der Waals surface area contributed by atoms with Crippen molar-refractivity contribution < 1.29 is 18.0 Å². The van der Waals surface area contributed by atoms with Crippen LogP contribution in [-0.4, -0.2) is 19.5 Å². The Balaban J connectivity index is 2.69. The van der Waals surface area contributed by atoms with Crippen LogP contribution in [0, 0.1) is 0 Å². The summed E-state index contributed by atoms with van der Waals surface area (Å²) in [5.41, 5.74) is -0.621. The number of hydrogen-bond donors (Lipinski definition) is 2. The van der Waals surface area contributed by atoms with Crippen LogP contribution in [0.5, 0.6) is 0 Å². The number of hydrogen-bond acceptors (Lipinski definition) is 2. The van der Waals surface area contributed by atoms with E-state index in [1.54, 1.807) is 7.05 Å². The highest BCUT2D eigenvalue weighted by Crippen LogP contribution is 2.30. The Bertz CT molecular complexity index is 391. The summed E-state index contributed by atoms with van der Waals surface area (Å²) in [5, 5.41) is 5.19. The van der Waals surface area contributed by atoms with E-state index in [0.29, 0.717) is 6.54 Å². The topological polar surface area (TPSA) is 41.1 Å². The van der Waals surface area contributed by atoms with E-state index in [1.165, 1.54) is 12.1 Å². The number of carbonyl (C=O) groups is 1. The summed E-state index contributed by atoms with van der Waals surface area (Å²) in [6.45, 7) is 0.477. The second-order valence-corrected chi connectivity index (χ2v) is 3.48. The maximum Gasteiger partial charge on any atom is 0.416 e. The van der Waals surface area contributed by atoms with Crippen LogP contribution in [0.1, 0.15) is 12.0 Å². The standard InChI is InChI=1S/C11H13F3N2O/c1-15-6-5-10(17)16-9-4-2-3-8(7-9)11(12,13)14/h2-4,7,15H,5-6H2,1H3,(H,16,17). The summed E-state index contributed by atoms with van der Waals surface area (Å²) in [5.74, 6) is -0.321. The fourth-order valence-corrected chi connectivity index (χ4v) is 1.24. The minimum absolute atomic E-state index is 0.154. The van der Waals surface area contributed by atoms with Gasteiger partial charge in [0.05, 0.1) is 5.56 Å². The molecule has 2 N–H and O–H groups in total. The highest BCUT2D eigenvalue weighted by molar-refractivity contribution is 5.90. The Hall–Kier alpha value is -1.56. The number of anilines is 1. The normalized spacial score (nSPS) is 11.3. The molecule has 0 saturated carbocycles. The summed E-state index contributed by atoms with van der Waals surface area (Å²) in [6.07, 6.45) is -4.18. The zero-order valence-electron chi connectivity index (χ0n) is 9.27. The van der Waals surface area contributed by atoms with Crippen LogP contribution in [0.25, 0.3) is 0 Å². The van der Waals surface area contributed by atoms with Crippen molar-refractivity contribution in [1.82, 2.24) is 5.32 Å². The van der Waals surface area contributed by atoms with E-state index in [2.05, 4.69) is 10.6 Å². The first-order valence-electron chi connectivity index (χ1n) is 5.05. The Morgan fingerprint density at radius 2 is 2.06 bits per heavy atom. The molecule has 0 bridgehead atoms. The van der Waals surface area contributed by atoms with Crippen LogP contribution in [0.2, 0.25) is 0 Å². The van der Waals surface area contributed by atoms with Gasteiger partial charge in [0.15, 0.2) is 0 Å². The Morgan fingerprint density at radius 1 is 1.35 bits per heavy atom. The first kappa shape index (κ1) is 13.5. The van der Waals surface area contributed by atoms with Gasteiger partial charge < -0.3 is 10.6 Å². The third-order valence-electron chi connectivity index (χ3n) is 2.08. The highest BCUT2D eigenvalue weighted by atomic mass is 19.4. The van der Waals surface area contributed by atoms with Gasteiger partial charge in [0.25, 0.3) is 0 Å². The quantitative estimate of drug-likeness (QED) is 0.855. The molecule has 17 heavy (non-hydrogen) atoms. The van der Waals surface area contributed by atoms with Gasteiger partial charge in [-0.25, -0.2) is 0 Å². The van der Waals surface area contributed by atoms with E-state index in [9.17, 15) is 18.0 Å². The van der Waals surface area contributed by atoms with E-state index >= 15 is 0 Å². The summed E-state index contributed by atoms with van der Waals surface area (Å²) >= 11 is 0. The van der Waals surface area contributed by atoms with Crippen LogP contribution in [-0.2, 0) is 11.0 Å². The number of alkyl halides is 3. The van der Waals surface area contributed by atoms with Crippen LogP contribution < -0.4 is 10.6 Å². The monoisotopic (exact) mass is 246 g/mol. The molecule has 0 atom stereocenters. The summed E-state index contributed by atoms with van der Waals surface area (Å²) in [4.78, 5) is 11.3. The third-order valence-corrected chi connectivity index (χ3v) is 2.08. The van der Waals surface area contributed by atoms with Crippen molar-refractivity contribution in [3.63, 3.8) is 0 Å². The highest BCUT2D eigenvalue weighted by Gasteiger charge is 2.30. The van der Waals surface area contributed by atoms with E-state index in [4.69, 9.17) is 0 Å². The lowest BCUT2D eigenvalue weighted by Gasteiger charge is -2.09. The van der Waals surface area contributed by atoms with E-state index in [0.717, 1.165) is 12.1 Å². The number of benzene rings is 1. The smallest absolute Gasteiger partial charge is 0.326 e. The first-order valence-corrected chi connectivity index (χ1v) is 5.05. The molecule has 0 unspecified atom stereocenters. The molecule has 0 saturated heterocycles. The average Bonchev–Trinajstić information content (AvgIpc) is 2.25. The van der Waals surface area contributed by atoms with Crippen molar-refractivity contribution in [3.8, 4) is 0 Å². The molecular weight excluding hydrogens is 233 g/mol. The third kappa shape index (κ3) is 4.44. The predicted molar refractivity (Wildman–Crippen MR) is 58.6 cm³/mol. The minimum Gasteiger partial charge on any atom is -0.326 e. The molecule has 0 spiro atoms. The van der Waals surface area contributed by atoms with Gasteiger partial charge in [-0.05, 0) is 25.2 Å². The Labute approximate surface area is 97.0 Å². The molecular formula is C11H13F3N2O. The summed E-state index contributed by atoms with van der Waals surface area (Å²) in [6, 6.07) is 4.56. The van der Waals surface area contributed by atoms with Gasteiger partial charge in [0, 0.05) is 18.7 Å². The molecule has 1 rings (SSSR count). The Morgan fingerprint density at radius 3 is 2.65 bits per heavy atom. The van der Waals surface area contributed by atoms with Crippen molar-refractivity contribution in [2.24, 2.45) is 0 Å². The number of halogens is 3. The SMILES string of the molecule is CNCCC(=O)Nc1cccc(C(F)(F)F)c1.